The largest absolute Gasteiger partial charge is 0.497 e. The molecule has 2 unspecified atom stereocenters. The van der Waals surface area contributed by atoms with Crippen molar-refractivity contribution in [1.29, 1.82) is 0 Å². The van der Waals surface area contributed by atoms with Crippen LogP contribution in [0.4, 0.5) is 5.69 Å². The number of benzene rings is 2. The van der Waals surface area contributed by atoms with Crippen LogP contribution in [0.3, 0.4) is 0 Å². The predicted molar refractivity (Wildman–Crippen MR) is 118 cm³/mol. The highest BCUT2D eigenvalue weighted by atomic mass is 16.6. The van der Waals surface area contributed by atoms with Crippen LogP contribution in [-0.4, -0.2) is 49.6 Å². The topological polar surface area (TPSA) is 93.9 Å². The van der Waals surface area contributed by atoms with Crippen molar-refractivity contribution in [3.63, 3.8) is 0 Å². The smallest absolute Gasteiger partial charge is 0.311 e. The second-order valence-electron chi connectivity index (χ2n) is 7.68. The van der Waals surface area contributed by atoms with E-state index in [1.54, 1.807) is 20.1 Å². The van der Waals surface area contributed by atoms with Gasteiger partial charge in [0.25, 0.3) is 5.91 Å². The molecule has 166 valence electrons. The van der Waals surface area contributed by atoms with E-state index in [9.17, 15) is 14.9 Å². The second-order valence-corrected chi connectivity index (χ2v) is 7.68. The van der Waals surface area contributed by atoms with E-state index < -0.39 is 4.92 Å². The van der Waals surface area contributed by atoms with Crippen molar-refractivity contribution in [2.45, 2.75) is 25.8 Å². The van der Waals surface area contributed by atoms with Crippen LogP contribution in [-0.2, 0) is 0 Å². The zero-order valence-electron chi connectivity index (χ0n) is 18.2. The molecule has 2 atom stereocenters. The number of rotatable bonds is 8. The molecule has 0 aromatic heterocycles. The zero-order valence-corrected chi connectivity index (χ0v) is 18.2. The second kappa shape index (κ2) is 10.3. The Morgan fingerprint density at radius 1 is 1.26 bits per heavy atom. The monoisotopic (exact) mass is 427 g/mol. The van der Waals surface area contributed by atoms with Gasteiger partial charge >= 0.3 is 5.69 Å². The van der Waals surface area contributed by atoms with Crippen molar-refractivity contribution in [3.05, 3.63) is 63.7 Å². The maximum Gasteiger partial charge on any atom is 0.311 e. The number of ether oxygens (including phenoxy) is 2. The molecule has 2 aromatic rings. The minimum Gasteiger partial charge on any atom is -0.497 e. The Labute approximate surface area is 182 Å². The molecule has 0 bridgehead atoms. The molecule has 3 rings (SSSR count). The van der Waals surface area contributed by atoms with Gasteiger partial charge in [0.1, 0.15) is 5.75 Å². The molecule has 8 nitrogen and oxygen atoms in total. The number of hydrogen-bond acceptors (Lipinski definition) is 6. The van der Waals surface area contributed by atoms with Gasteiger partial charge < -0.3 is 14.8 Å². The first kappa shape index (κ1) is 22.6. The molecule has 0 spiro atoms. The maximum atomic E-state index is 12.7. The quantitative estimate of drug-likeness (QED) is 0.509. The average Bonchev–Trinajstić information content (AvgIpc) is 2.78. The molecular formula is C23H29N3O5. The van der Waals surface area contributed by atoms with E-state index in [-0.39, 0.29) is 34.9 Å². The lowest BCUT2D eigenvalue weighted by atomic mass is 9.85. The van der Waals surface area contributed by atoms with Gasteiger partial charge in [0, 0.05) is 24.2 Å². The zero-order chi connectivity index (χ0) is 22.4. The first-order chi connectivity index (χ1) is 14.9. The van der Waals surface area contributed by atoms with Crippen LogP contribution >= 0.6 is 0 Å². The summed E-state index contributed by atoms with van der Waals surface area (Å²) < 4.78 is 10.6. The third-order valence-electron chi connectivity index (χ3n) is 5.71. The Balaban J connectivity index is 1.72. The first-order valence-electron chi connectivity index (χ1n) is 10.5. The van der Waals surface area contributed by atoms with Crippen molar-refractivity contribution in [3.8, 4) is 11.5 Å². The number of nitro groups is 1. The number of piperidine rings is 1. The number of methoxy groups -OCH3 is 1. The number of nitrogens with zero attached hydrogens (tertiary/aromatic N) is 2. The summed E-state index contributed by atoms with van der Waals surface area (Å²) in [5.74, 6) is 0.878. The van der Waals surface area contributed by atoms with E-state index >= 15 is 0 Å². The molecule has 1 N–H and O–H groups in total. The summed E-state index contributed by atoms with van der Waals surface area (Å²) in [6.07, 6.45) is 2.04. The van der Waals surface area contributed by atoms with Crippen molar-refractivity contribution >= 4 is 11.6 Å². The molecule has 0 saturated carbocycles. The maximum absolute atomic E-state index is 12.7. The summed E-state index contributed by atoms with van der Waals surface area (Å²) in [7, 11) is 3.74. The Morgan fingerprint density at radius 2 is 2.00 bits per heavy atom. The van der Waals surface area contributed by atoms with E-state index in [1.807, 2.05) is 12.1 Å². The fraction of sp³-hybridized carbons (Fsp3) is 0.435. The molecule has 1 aliphatic rings. The molecule has 1 saturated heterocycles. The van der Waals surface area contributed by atoms with Gasteiger partial charge in [0.2, 0.25) is 0 Å². The SMILES string of the molecule is CCOc1ccc(C(=O)NCC2CCCN(C)C2c2ccc(OC)cc2)cc1[N+](=O)[O-]. The molecule has 2 aromatic carbocycles. The number of hydrogen-bond donors (Lipinski definition) is 1. The predicted octanol–water partition coefficient (Wildman–Crippen LogP) is 3.82. The van der Waals surface area contributed by atoms with Crippen LogP contribution in [0.25, 0.3) is 0 Å². The number of carbonyl (C=O) groups is 1. The van der Waals surface area contributed by atoms with Gasteiger partial charge in [-0.3, -0.25) is 19.8 Å². The highest BCUT2D eigenvalue weighted by Gasteiger charge is 2.31. The summed E-state index contributed by atoms with van der Waals surface area (Å²) in [5, 5.41) is 14.3. The fourth-order valence-corrected chi connectivity index (χ4v) is 4.21. The number of amides is 1. The Bertz CT molecular complexity index is 916. The van der Waals surface area contributed by atoms with Gasteiger partial charge in [-0.1, -0.05) is 12.1 Å². The normalized spacial score (nSPS) is 18.9. The molecule has 1 fully saturated rings. The van der Waals surface area contributed by atoms with Crippen LogP contribution in [0.15, 0.2) is 42.5 Å². The minimum atomic E-state index is -0.530. The third kappa shape index (κ3) is 5.32. The van der Waals surface area contributed by atoms with Crippen molar-refractivity contribution in [2.24, 2.45) is 5.92 Å². The van der Waals surface area contributed by atoms with Gasteiger partial charge in [0.05, 0.1) is 18.6 Å². The van der Waals surface area contributed by atoms with Gasteiger partial charge in [-0.05, 0) is 69.1 Å². The van der Waals surface area contributed by atoms with E-state index in [0.29, 0.717) is 13.2 Å². The molecule has 31 heavy (non-hydrogen) atoms. The lowest BCUT2D eigenvalue weighted by molar-refractivity contribution is -0.385. The Kier molecular flexibility index (Phi) is 7.46. The summed E-state index contributed by atoms with van der Waals surface area (Å²) >= 11 is 0. The molecule has 1 aliphatic heterocycles. The van der Waals surface area contributed by atoms with Gasteiger partial charge in [-0.15, -0.1) is 0 Å². The third-order valence-corrected chi connectivity index (χ3v) is 5.71. The number of nitro benzene ring substituents is 1. The van der Waals surface area contributed by atoms with Crippen molar-refractivity contribution < 1.29 is 19.2 Å². The molecule has 1 heterocycles. The van der Waals surface area contributed by atoms with E-state index in [0.717, 1.165) is 25.1 Å². The van der Waals surface area contributed by atoms with Crippen LogP contribution in [0, 0.1) is 16.0 Å². The number of likely N-dealkylation sites (tertiary alicyclic amines) is 1. The van der Waals surface area contributed by atoms with Gasteiger partial charge in [-0.2, -0.15) is 0 Å². The fourth-order valence-electron chi connectivity index (χ4n) is 4.21. The lowest BCUT2D eigenvalue weighted by Crippen LogP contribution is -2.41. The van der Waals surface area contributed by atoms with Gasteiger partial charge in [0.15, 0.2) is 5.75 Å². The Morgan fingerprint density at radius 3 is 2.65 bits per heavy atom. The van der Waals surface area contributed by atoms with Crippen LogP contribution in [0.2, 0.25) is 0 Å². The molecular weight excluding hydrogens is 398 g/mol. The molecule has 0 aliphatic carbocycles. The highest BCUT2D eigenvalue weighted by molar-refractivity contribution is 5.95. The van der Waals surface area contributed by atoms with Crippen molar-refractivity contribution in [2.75, 3.05) is 33.9 Å². The summed E-state index contributed by atoms with van der Waals surface area (Å²) in [5.41, 5.74) is 1.22. The minimum absolute atomic E-state index is 0.164. The summed E-state index contributed by atoms with van der Waals surface area (Å²) in [4.78, 5) is 25.9. The van der Waals surface area contributed by atoms with E-state index in [1.165, 1.54) is 17.7 Å². The van der Waals surface area contributed by atoms with Crippen LogP contribution < -0.4 is 14.8 Å². The number of carbonyl (C=O) groups excluding carboxylic acids is 1. The van der Waals surface area contributed by atoms with Crippen LogP contribution in [0.5, 0.6) is 11.5 Å². The van der Waals surface area contributed by atoms with E-state index in [4.69, 9.17) is 9.47 Å². The van der Waals surface area contributed by atoms with E-state index in [2.05, 4.69) is 29.4 Å². The highest BCUT2D eigenvalue weighted by Crippen LogP contribution is 2.35. The molecule has 8 heteroatoms. The summed E-state index contributed by atoms with van der Waals surface area (Å²) in [6.45, 7) is 3.55. The number of nitrogens with one attached hydrogen (secondary N) is 1. The first-order valence-corrected chi connectivity index (χ1v) is 10.5. The average molecular weight is 428 g/mol. The molecule has 0 radical (unpaired) electrons. The standard InChI is InChI=1S/C23H29N3O5/c1-4-31-21-12-9-17(14-20(21)26(28)29)23(27)24-15-18-6-5-13-25(2)22(18)16-7-10-19(30-3)11-8-16/h7-12,14,18,22H,4-6,13,15H2,1-3H3,(H,24,27). The van der Waals surface area contributed by atoms with Crippen molar-refractivity contribution in [1.82, 2.24) is 10.2 Å². The Hall–Kier alpha value is -3.13. The molecule has 1 amide bonds. The van der Waals surface area contributed by atoms with Crippen LogP contribution in [0.1, 0.15) is 41.7 Å². The summed E-state index contributed by atoms with van der Waals surface area (Å²) in [6, 6.07) is 12.5. The lowest BCUT2D eigenvalue weighted by Gasteiger charge is -2.39. The van der Waals surface area contributed by atoms with Gasteiger partial charge in [-0.25, -0.2) is 0 Å².